The molecule has 0 aliphatic heterocycles. The molecule has 0 saturated carbocycles. The van der Waals surface area contributed by atoms with E-state index in [1.165, 1.54) is 24.1 Å². The van der Waals surface area contributed by atoms with Crippen LogP contribution in [0.4, 0.5) is 8.78 Å². The SMILES string of the molecule is COc1cc(CN(C)C(=O)Cc2c(C)nc(-c3cccnc3)[nH]c2=O)ccc1OC(F)F. The van der Waals surface area contributed by atoms with E-state index >= 15 is 0 Å². The van der Waals surface area contributed by atoms with Crippen LogP contribution < -0.4 is 15.0 Å². The van der Waals surface area contributed by atoms with Crippen LogP contribution in [-0.4, -0.2) is 46.5 Å². The number of alkyl halides is 2. The molecule has 3 rings (SSSR count). The molecule has 0 aliphatic rings. The van der Waals surface area contributed by atoms with E-state index in [1.807, 2.05) is 0 Å². The first-order valence-corrected chi connectivity index (χ1v) is 9.64. The number of benzene rings is 1. The van der Waals surface area contributed by atoms with E-state index in [0.717, 1.165) is 0 Å². The number of hydrogen-bond donors (Lipinski definition) is 1. The fraction of sp³-hybridized carbons (Fsp3) is 0.273. The highest BCUT2D eigenvalue weighted by atomic mass is 19.3. The molecule has 3 aromatic rings. The molecule has 0 aliphatic carbocycles. The first-order chi connectivity index (χ1) is 15.3. The molecule has 10 heteroatoms. The minimum absolute atomic E-state index is 0.0952. The number of ether oxygens (including phenoxy) is 2. The summed E-state index contributed by atoms with van der Waals surface area (Å²) in [4.78, 5) is 37.8. The van der Waals surface area contributed by atoms with Crippen molar-refractivity contribution in [2.45, 2.75) is 26.5 Å². The van der Waals surface area contributed by atoms with E-state index < -0.39 is 12.2 Å². The Morgan fingerprint density at radius 3 is 2.66 bits per heavy atom. The molecule has 2 aromatic heterocycles. The van der Waals surface area contributed by atoms with Crippen molar-refractivity contribution in [2.24, 2.45) is 0 Å². The zero-order valence-electron chi connectivity index (χ0n) is 17.8. The standard InChI is InChI=1S/C22H22F2N4O4/c1-13-16(21(30)27-20(26-13)15-5-4-8-25-11-15)10-19(29)28(2)12-14-6-7-17(32-22(23)24)18(9-14)31-3/h4-9,11,22H,10,12H2,1-3H3,(H,26,27,30). The van der Waals surface area contributed by atoms with Gasteiger partial charge >= 0.3 is 6.61 Å². The molecular formula is C22H22F2N4O4. The van der Waals surface area contributed by atoms with Crippen molar-refractivity contribution in [3.05, 3.63) is 69.9 Å². The number of carbonyl (C=O) groups is 1. The maximum absolute atomic E-state index is 12.7. The number of rotatable bonds is 8. The Morgan fingerprint density at radius 2 is 2.03 bits per heavy atom. The van der Waals surface area contributed by atoms with Crippen molar-refractivity contribution >= 4 is 5.91 Å². The highest BCUT2D eigenvalue weighted by molar-refractivity contribution is 5.78. The van der Waals surface area contributed by atoms with Crippen molar-refractivity contribution in [1.82, 2.24) is 19.9 Å². The number of carbonyl (C=O) groups excluding carboxylic acids is 1. The van der Waals surface area contributed by atoms with Crippen LogP contribution in [-0.2, 0) is 17.8 Å². The lowest BCUT2D eigenvalue weighted by atomic mass is 10.1. The molecule has 0 spiro atoms. The van der Waals surface area contributed by atoms with E-state index in [-0.39, 0.29) is 35.9 Å². The Labute approximate surface area is 182 Å². The Bertz CT molecular complexity index is 1150. The Hall–Kier alpha value is -3.82. The number of pyridine rings is 1. The molecule has 0 unspecified atom stereocenters. The van der Waals surface area contributed by atoms with Gasteiger partial charge in [0.05, 0.1) is 13.5 Å². The molecule has 2 heterocycles. The highest BCUT2D eigenvalue weighted by Crippen LogP contribution is 2.29. The van der Waals surface area contributed by atoms with Crippen LogP contribution >= 0.6 is 0 Å². The second-order valence-corrected chi connectivity index (χ2v) is 7.01. The highest BCUT2D eigenvalue weighted by Gasteiger charge is 2.18. The number of amides is 1. The van der Waals surface area contributed by atoms with Crippen LogP contribution in [0.5, 0.6) is 11.5 Å². The van der Waals surface area contributed by atoms with Gasteiger partial charge < -0.3 is 19.4 Å². The van der Waals surface area contributed by atoms with Gasteiger partial charge in [-0.1, -0.05) is 6.07 Å². The summed E-state index contributed by atoms with van der Waals surface area (Å²) in [5.74, 6) is 0.109. The third-order valence-corrected chi connectivity index (χ3v) is 4.77. The summed E-state index contributed by atoms with van der Waals surface area (Å²) >= 11 is 0. The van der Waals surface area contributed by atoms with Crippen molar-refractivity contribution in [3.63, 3.8) is 0 Å². The predicted molar refractivity (Wildman–Crippen MR) is 113 cm³/mol. The lowest BCUT2D eigenvalue weighted by Crippen LogP contribution is -2.31. The average Bonchev–Trinajstić information content (AvgIpc) is 2.77. The normalized spacial score (nSPS) is 10.8. The molecule has 0 atom stereocenters. The van der Waals surface area contributed by atoms with E-state index in [1.54, 1.807) is 44.6 Å². The smallest absolute Gasteiger partial charge is 0.387 e. The van der Waals surface area contributed by atoms with Crippen LogP contribution in [0.2, 0.25) is 0 Å². The zero-order chi connectivity index (χ0) is 23.3. The lowest BCUT2D eigenvalue weighted by molar-refractivity contribution is -0.129. The average molecular weight is 444 g/mol. The van der Waals surface area contributed by atoms with Gasteiger partial charge in [-0.25, -0.2) is 4.98 Å². The number of aromatic nitrogens is 3. The summed E-state index contributed by atoms with van der Waals surface area (Å²) < 4.78 is 34.4. The molecule has 0 fully saturated rings. The molecule has 0 radical (unpaired) electrons. The molecule has 1 aromatic carbocycles. The quantitative estimate of drug-likeness (QED) is 0.574. The van der Waals surface area contributed by atoms with Crippen LogP contribution in [0, 0.1) is 6.92 Å². The Morgan fingerprint density at radius 1 is 1.25 bits per heavy atom. The summed E-state index contributed by atoms with van der Waals surface area (Å²) in [6.45, 7) is -1.12. The minimum Gasteiger partial charge on any atom is -0.493 e. The van der Waals surface area contributed by atoms with Crippen LogP contribution in [0.25, 0.3) is 11.4 Å². The summed E-state index contributed by atoms with van der Waals surface area (Å²) in [7, 11) is 2.92. The van der Waals surface area contributed by atoms with Gasteiger partial charge in [0.15, 0.2) is 11.5 Å². The molecule has 1 amide bonds. The molecule has 0 saturated heterocycles. The molecular weight excluding hydrogens is 422 g/mol. The number of nitrogens with one attached hydrogen (secondary N) is 1. The zero-order valence-corrected chi connectivity index (χ0v) is 17.8. The van der Waals surface area contributed by atoms with Crippen molar-refractivity contribution in [2.75, 3.05) is 14.2 Å². The predicted octanol–water partition coefficient (Wildman–Crippen LogP) is 2.95. The van der Waals surface area contributed by atoms with Crippen LogP contribution in [0.3, 0.4) is 0 Å². The maximum Gasteiger partial charge on any atom is 0.387 e. The second-order valence-electron chi connectivity index (χ2n) is 7.01. The van der Waals surface area contributed by atoms with Crippen molar-refractivity contribution < 1.29 is 23.0 Å². The molecule has 0 bridgehead atoms. The number of nitrogens with zero attached hydrogens (tertiary/aromatic N) is 3. The molecule has 8 nitrogen and oxygen atoms in total. The minimum atomic E-state index is -2.97. The fourth-order valence-electron chi connectivity index (χ4n) is 3.11. The third-order valence-electron chi connectivity index (χ3n) is 4.77. The Kier molecular flexibility index (Phi) is 7.14. The summed E-state index contributed by atoms with van der Waals surface area (Å²) in [5.41, 5.74) is 1.64. The number of aromatic amines is 1. The summed E-state index contributed by atoms with van der Waals surface area (Å²) in [6, 6.07) is 7.94. The van der Waals surface area contributed by atoms with Gasteiger partial charge in [0.25, 0.3) is 5.56 Å². The van der Waals surface area contributed by atoms with Gasteiger partial charge in [-0.15, -0.1) is 0 Å². The van der Waals surface area contributed by atoms with E-state index in [9.17, 15) is 18.4 Å². The van der Waals surface area contributed by atoms with Gasteiger partial charge in [-0.2, -0.15) is 8.78 Å². The van der Waals surface area contributed by atoms with Crippen molar-refractivity contribution in [1.29, 1.82) is 0 Å². The summed E-state index contributed by atoms with van der Waals surface area (Å²) in [6.07, 6.45) is 3.07. The van der Waals surface area contributed by atoms with Gasteiger partial charge in [0.2, 0.25) is 5.91 Å². The number of halogens is 2. The number of aryl methyl sites for hydroxylation is 1. The van der Waals surface area contributed by atoms with Crippen LogP contribution in [0.1, 0.15) is 16.8 Å². The van der Waals surface area contributed by atoms with Crippen LogP contribution in [0.15, 0.2) is 47.5 Å². The van der Waals surface area contributed by atoms with E-state index in [2.05, 4.69) is 19.7 Å². The molecule has 168 valence electrons. The third kappa shape index (κ3) is 5.45. The first kappa shape index (κ1) is 22.9. The Balaban J connectivity index is 1.73. The first-order valence-electron chi connectivity index (χ1n) is 9.64. The van der Waals surface area contributed by atoms with Crippen molar-refractivity contribution in [3.8, 4) is 22.9 Å². The maximum atomic E-state index is 12.7. The van der Waals surface area contributed by atoms with Gasteiger partial charge in [0, 0.05) is 42.8 Å². The largest absolute Gasteiger partial charge is 0.493 e. The summed E-state index contributed by atoms with van der Waals surface area (Å²) in [5, 5.41) is 0. The lowest BCUT2D eigenvalue weighted by Gasteiger charge is -2.19. The molecule has 32 heavy (non-hydrogen) atoms. The fourth-order valence-corrected chi connectivity index (χ4v) is 3.11. The second kappa shape index (κ2) is 9.99. The van der Waals surface area contributed by atoms with E-state index in [4.69, 9.17) is 4.74 Å². The van der Waals surface area contributed by atoms with Gasteiger partial charge in [-0.05, 0) is 36.8 Å². The van der Waals surface area contributed by atoms with Gasteiger partial charge in [0.1, 0.15) is 5.82 Å². The number of H-pyrrole nitrogens is 1. The number of likely N-dealkylation sites (N-methyl/N-ethyl adjacent to an activating group) is 1. The van der Waals surface area contributed by atoms with Gasteiger partial charge in [-0.3, -0.25) is 14.6 Å². The molecule has 1 N–H and O–H groups in total. The number of hydrogen-bond acceptors (Lipinski definition) is 6. The van der Waals surface area contributed by atoms with E-state index in [0.29, 0.717) is 22.6 Å². The monoisotopic (exact) mass is 444 g/mol. The topological polar surface area (TPSA) is 97.4 Å². The number of methoxy groups -OCH3 is 1.